The molecule has 1 rings (SSSR count). The van der Waals surface area contributed by atoms with Gasteiger partial charge in [-0.2, -0.15) is 0 Å². The minimum Gasteiger partial charge on any atom is -0.480 e. The Morgan fingerprint density at radius 3 is 2.64 bits per heavy atom. The van der Waals surface area contributed by atoms with Gasteiger partial charge in [-0.05, 0) is 24.1 Å². The number of aliphatic carboxylic acids is 1. The first kappa shape index (κ1) is 18.1. The van der Waals surface area contributed by atoms with Crippen LogP contribution in [-0.4, -0.2) is 48.6 Å². The van der Waals surface area contributed by atoms with Crippen molar-refractivity contribution in [3.05, 3.63) is 35.4 Å². The Hall–Kier alpha value is -1.92. The summed E-state index contributed by atoms with van der Waals surface area (Å²) in [4.78, 5) is 24.3. The molecule has 0 fully saturated rings. The van der Waals surface area contributed by atoms with Gasteiger partial charge < -0.3 is 15.2 Å². The molecular formula is C16H24N2O4. The van der Waals surface area contributed by atoms with Crippen LogP contribution in [0.3, 0.4) is 0 Å². The first-order valence-corrected chi connectivity index (χ1v) is 7.32. The van der Waals surface area contributed by atoms with Crippen LogP contribution in [0.5, 0.6) is 0 Å². The van der Waals surface area contributed by atoms with Crippen molar-refractivity contribution in [3.8, 4) is 0 Å². The predicted molar refractivity (Wildman–Crippen MR) is 83.4 cm³/mol. The van der Waals surface area contributed by atoms with Gasteiger partial charge >= 0.3 is 5.97 Å². The van der Waals surface area contributed by atoms with E-state index in [1.807, 2.05) is 31.2 Å². The van der Waals surface area contributed by atoms with E-state index < -0.39 is 5.97 Å². The van der Waals surface area contributed by atoms with E-state index in [2.05, 4.69) is 5.32 Å². The number of hydrogen-bond donors (Lipinski definition) is 2. The fourth-order valence-electron chi connectivity index (χ4n) is 2.18. The van der Waals surface area contributed by atoms with Crippen LogP contribution < -0.4 is 5.32 Å². The normalized spacial score (nSPS) is 10.7. The zero-order valence-electron chi connectivity index (χ0n) is 13.2. The van der Waals surface area contributed by atoms with Crippen LogP contribution in [0.2, 0.25) is 0 Å². The van der Waals surface area contributed by atoms with Crippen LogP contribution in [0.4, 0.5) is 0 Å². The van der Waals surface area contributed by atoms with E-state index in [0.29, 0.717) is 19.7 Å². The summed E-state index contributed by atoms with van der Waals surface area (Å²) in [7, 11) is 1.64. The van der Waals surface area contributed by atoms with E-state index in [0.717, 1.165) is 17.5 Å². The van der Waals surface area contributed by atoms with Crippen molar-refractivity contribution >= 4 is 11.9 Å². The molecule has 0 aliphatic rings. The van der Waals surface area contributed by atoms with Gasteiger partial charge in [-0.1, -0.05) is 31.2 Å². The molecule has 122 valence electrons. The van der Waals surface area contributed by atoms with Gasteiger partial charge in [-0.25, -0.2) is 0 Å². The number of nitrogens with zero attached hydrogens (tertiary/aromatic N) is 1. The molecule has 2 N–H and O–H groups in total. The Labute approximate surface area is 131 Å². The van der Waals surface area contributed by atoms with Crippen LogP contribution in [0, 0.1) is 0 Å². The van der Waals surface area contributed by atoms with Crippen LogP contribution in [-0.2, 0) is 27.5 Å². The molecule has 0 unspecified atom stereocenters. The highest BCUT2D eigenvalue weighted by molar-refractivity contribution is 5.79. The summed E-state index contributed by atoms with van der Waals surface area (Å²) < 4.78 is 5.08. The van der Waals surface area contributed by atoms with E-state index in [-0.39, 0.29) is 19.0 Å². The molecule has 0 bridgehead atoms. The Morgan fingerprint density at radius 2 is 2.00 bits per heavy atom. The van der Waals surface area contributed by atoms with Gasteiger partial charge in [0.25, 0.3) is 0 Å². The summed E-state index contributed by atoms with van der Waals surface area (Å²) in [5.74, 6) is -1.10. The maximum atomic E-state index is 11.9. The average Bonchev–Trinajstić information content (AvgIpc) is 2.45. The molecule has 0 heterocycles. The zero-order chi connectivity index (χ0) is 16.4. The van der Waals surface area contributed by atoms with Crippen LogP contribution >= 0.6 is 0 Å². The van der Waals surface area contributed by atoms with Gasteiger partial charge in [0.05, 0.1) is 19.7 Å². The molecule has 0 spiro atoms. The van der Waals surface area contributed by atoms with E-state index in [9.17, 15) is 9.59 Å². The van der Waals surface area contributed by atoms with E-state index in [1.54, 1.807) is 12.0 Å². The summed E-state index contributed by atoms with van der Waals surface area (Å²) in [6.07, 6.45) is 0.805. The molecule has 1 aromatic carbocycles. The minimum atomic E-state index is -0.923. The summed E-state index contributed by atoms with van der Waals surface area (Å²) in [5, 5.41) is 11.6. The quantitative estimate of drug-likeness (QED) is 0.680. The molecule has 0 aromatic heterocycles. The van der Waals surface area contributed by atoms with Crippen molar-refractivity contribution < 1.29 is 19.4 Å². The Balaban J connectivity index is 2.47. The highest BCUT2D eigenvalue weighted by Gasteiger charge is 2.12. The second-order valence-corrected chi connectivity index (χ2v) is 5.13. The van der Waals surface area contributed by atoms with Crippen molar-refractivity contribution in [3.63, 3.8) is 0 Å². The number of carbonyl (C=O) groups is 2. The van der Waals surface area contributed by atoms with Gasteiger partial charge in [-0.15, -0.1) is 0 Å². The summed E-state index contributed by atoms with van der Waals surface area (Å²) in [5.41, 5.74) is 2.04. The fraction of sp³-hybridized carbons (Fsp3) is 0.500. The van der Waals surface area contributed by atoms with Gasteiger partial charge in [-0.3, -0.25) is 14.5 Å². The Bertz CT molecular complexity index is 491. The Morgan fingerprint density at radius 1 is 1.27 bits per heavy atom. The number of rotatable bonds is 10. The largest absolute Gasteiger partial charge is 0.480 e. The maximum Gasteiger partial charge on any atom is 0.317 e. The highest BCUT2D eigenvalue weighted by atomic mass is 16.5. The number of methoxy groups -OCH3 is 1. The monoisotopic (exact) mass is 308 g/mol. The van der Waals surface area contributed by atoms with Crippen molar-refractivity contribution in [2.45, 2.75) is 26.5 Å². The number of nitrogens with one attached hydrogen (secondary N) is 1. The lowest BCUT2D eigenvalue weighted by Gasteiger charge is -2.18. The predicted octanol–water partition coefficient (Wildman–Crippen LogP) is 1.25. The lowest BCUT2D eigenvalue weighted by molar-refractivity contribution is -0.138. The van der Waals surface area contributed by atoms with Crippen molar-refractivity contribution in [1.82, 2.24) is 10.2 Å². The second kappa shape index (κ2) is 9.92. The van der Waals surface area contributed by atoms with Crippen molar-refractivity contribution in [2.24, 2.45) is 0 Å². The molecule has 0 aliphatic carbocycles. The molecule has 1 aromatic rings. The van der Waals surface area contributed by atoms with Gasteiger partial charge in [0.2, 0.25) is 5.91 Å². The summed E-state index contributed by atoms with van der Waals surface area (Å²) in [6.45, 7) is 3.47. The number of carboxylic acids is 1. The molecule has 1 amide bonds. The topological polar surface area (TPSA) is 78.9 Å². The summed E-state index contributed by atoms with van der Waals surface area (Å²) >= 11 is 0. The van der Waals surface area contributed by atoms with E-state index >= 15 is 0 Å². The number of carbonyl (C=O) groups excluding carboxylic acids is 1. The molecule has 6 heteroatoms. The molecule has 22 heavy (non-hydrogen) atoms. The molecule has 0 atom stereocenters. The van der Waals surface area contributed by atoms with Crippen molar-refractivity contribution in [1.29, 1.82) is 0 Å². The highest BCUT2D eigenvalue weighted by Crippen LogP contribution is 2.06. The first-order valence-electron chi connectivity index (χ1n) is 7.32. The molecule has 6 nitrogen and oxygen atoms in total. The third kappa shape index (κ3) is 7.19. The van der Waals surface area contributed by atoms with Crippen molar-refractivity contribution in [2.75, 3.05) is 26.7 Å². The zero-order valence-corrected chi connectivity index (χ0v) is 13.2. The smallest absolute Gasteiger partial charge is 0.317 e. The van der Waals surface area contributed by atoms with Gasteiger partial charge in [0, 0.05) is 13.7 Å². The van der Waals surface area contributed by atoms with Crippen LogP contribution in [0.25, 0.3) is 0 Å². The molecule has 0 aliphatic heterocycles. The third-order valence-electron chi connectivity index (χ3n) is 3.06. The number of carboxylic acid groups (broad SMARTS) is 1. The minimum absolute atomic E-state index is 0.0951. The van der Waals surface area contributed by atoms with Gasteiger partial charge in [0.15, 0.2) is 0 Å². The Kier molecular flexibility index (Phi) is 8.17. The maximum absolute atomic E-state index is 11.9. The summed E-state index contributed by atoms with van der Waals surface area (Å²) in [6, 6.07) is 7.79. The molecule has 0 saturated heterocycles. The number of amides is 1. The first-order chi connectivity index (χ1) is 10.5. The van der Waals surface area contributed by atoms with Gasteiger partial charge in [0.1, 0.15) is 0 Å². The van der Waals surface area contributed by atoms with E-state index in [1.165, 1.54) is 0 Å². The number of ether oxygens (including phenoxy) is 1. The average molecular weight is 308 g/mol. The fourth-order valence-corrected chi connectivity index (χ4v) is 2.18. The number of benzene rings is 1. The second-order valence-electron chi connectivity index (χ2n) is 5.13. The SMILES string of the molecule is CCCN(CC(=O)O)CC(=O)NCc1cccc(COC)c1. The van der Waals surface area contributed by atoms with Crippen LogP contribution in [0.1, 0.15) is 24.5 Å². The van der Waals surface area contributed by atoms with E-state index in [4.69, 9.17) is 9.84 Å². The molecule has 0 radical (unpaired) electrons. The lowest BCUT2D eigenvalue weighted by Crippen LogP contribution is -2.40. The van der Waals surface area contributed by atoms with Crippen LogP contribution in [0.15, 0.2) is 24.3 Å². The standard InChI is InChI=1S/C16H24N2O4/c1-3-7-18(11-16(20)21)10-15(19)17-9-13-5-4-6-14(8-13)12-22-2/h4-6,8H,3,7,9-12H2,1-2H3,(H,17,19)(H,20,21). The number of hydrogen-bond acceptors (Lipinski definition) is 4. The third-order valence-corrected chi connectivity index (χ3v) is 3.06. The molecule has 0 saturated carbocycles. The molecular weight excluding hydrogens is 284 g/mol. The lowest BCUT2D eigenvalue weighted by atomic mass is 10.1.